The summed E-state index contributed by atoms with van der Waals surface area (Å²) in [6.45, 7) is 0.415. The number of ether oxygens (including phenoxy) is 1. The molecule has 7 heteroatoms. The number of unbranched alkanes of at least 4 members (excludes halogenated alkanes) is 1. The molecule has 0 aromatic heterocycles. The maximum atomic E-state index is 10.5. The molecule has 1 aromatic carbocycles. The van der Waals surface area contributed by atoms with Crippen molar-refractivity contribution in [1.82, 2.24) is 0 Å². The van der Waals surface area contributed by atoms with Gasteiger partial charge in [-0.2, -0.15) is 8.42 Å². The van der Waals surface area contributed by atoms with Gasteiger partial charge in [0.2, 0.25) is 0 Å². The van der Waals surface area contributed by atoms with E-state index in [4.69, 9.17) is 13.5 Å². The van der Waals surface area contributed by atoms with E-state index in [1.807, 2.05) is 6.26 Å². The summed E-state index contributed by atoms with van der Waals surface area (Å²) in [6.07, 6.45) is 2.79. The van der Waals surface area contributed by atoms with Gasteiger partial charge >= 0.3 is 0 Å². The molecule has 0 aliphatic rings. The fourth-order valence-corrected chi connectivity index (χ4v) is 2.14. The molecule has 0 saturated carbocycles. The van der Waals surface area contributed by atoms with Crippen LogP contribution in [-0.4, -0.2) is 31.6 Å². The van der Waals surface area contributed by atoms with Gasteiger partial charge in [-0.1, -0.05) is 0 Å². The Labute approximate surface area is 111 Å². The maximum absolute atomic E-state index is 10.5. The summed E-state index contributed by atoms with van der Waals surface area (Å²) in [7, 11) is -3.86. The van der Waals surface area contributed by atoms with Crippen molar-refractivity contribution in [2.24, 2.45) is 0 Å². The lowest BCUT2D eigenvalue weighted by Gasteiger charge is -2.06. The highest BCUT2D eigenvalue weighted by molar-refractivity contribution is 7.94. The molecule has 0 unspecified atom stereocenters. The van der Waals surface area contributed by atoms with Gasteiger partial charge in [-0.15, -0.1) is 0 Å². The van der Waals surface area contributed by atoms with Crippen LogP contribution in [-0.2, 0) is 10.1 Å². The summed E-state index contributed by atoms with van der Waals surface area (Å²) in [5.74, 6) is 1.23. The normalized spacial score (nSPS) is 11.2. The van der Waals surface area contributed by atoms with Crippen molar-refractivity contribution in [2.75, 3.05) is 18.6 Å². The van der Waals surface area contributed by atoms with Crippen LogP contribution in [0.1, 0.15) is 12.8 Å². The van der Waals surface area contributed by atoms with Crippen LogP contribution in [0.15, 0.2) is 24.3 Å². The van der Waals surface area contributed by atoms with Crippen LogP contribution < -0.4 is 8.92 Å². The summed E-state index contributed by atoms with van der Waals surface area (Å²) in [4.78, 5) is 0. The molecule has 1 N–H and O–H groups in total. The Bertz CT molecular complexity index is 441. The van der Waals surface area contributed by atoms with Crippen molar-refractivity contribution in [3.63, 3.8) is 0 Å². The van der Waals surface area contributed by atoms with Crippen molar-refractivity contribution < 1.29 is 21.9 Å². The molecule has 1 rings (SSSR count). The first kappa shape index (κ1) is 15.1. The summed E-state index contributed by atoms with van der Waals surface area (Å²) in [6, 6.07) is 7.16. The molecule has 0 heterocycles. The van der Waals surface area contributed by atoms with Crippen LogP contribution in [0.25, 0.3) is 0 Å². The van der Waals surface area contributed by atoms with Crippen LogP contribution in [0.2, 0.25) is 0 Å². The Morgan fingerprint density at radius 3 is 2.33 bits per heavy atom. The molecule has 0 atom stereocenters. The average Bonchev–Trinajstić information content (AvgIpc) is 2.30. The van der Waals surface area contributed by atoms with Crippen molar-refractivity contribution in [2.45, 2.75) is 12.8 Å². The van der Waals surface area contributed by atoms with Crippen LogP contribution in [0.5, 0.6) is 11.5 Å². The Balaban J connectivity index is 2.23. The molecule has 18 heavy (non-hydrogen) atoms. The van der Waals surface area contributed by atoms with Crippen LogP contribution >= 0.6 is 12.0 Å². The molecule has 5 nitrogen and oxygen atoms in total. The van der Waals surface area contributed by atoms with E-state index in [1.54, 1.807) is 24.3 Å². The maximum Gasteiger partial charge on any atom is 0.264 e. The van der Waals surface area contributed by atoms with Crippen molar-refractivity contribution in [3.05, 3.63) is 24.3 Å². The highest BCUT2D eigenvalue weighted by Gasteiger charge is 2.03. The Kier molecular flexibility index (Phi) is 6.31. The van der Waals surface area contributed by atoms with Gasteiger partial charge < -0.3 is 8.92 Å². The van der Waals surface area contributed by atoms with Gasteiger partial charge in [0.1, 0.15) is 11.5 Å². The first-order valence-electron chi connectivity index (χ1n) is 5.40. The second kappa shape index (κ2) is 7.50. The van der Waals surface area contributed by atoms with E-state index in [0.717, 1.165) is 5.75 Å². The van der Waals surface area contributed by atoms with Gasteiger partial charge in [-0.05, 0) is 37.1 Å². The number of hydrogen-bond acceptors (Lipinski definition) is 5. The first-order valence-corrected chi connectivity index (χ1v) is 8.16. The van der Waals surface area contributed by atoms with Crippen molar-refractivity contribution >= 4 is 22.2 Å². The second-order valence-electron chi connectivity index (χ2n) is 3.56. The lowest BCUT2D eigenvalue weighted by Crippen LogP contribution is -2.06. The predicted molar refractivity (Wildman–Crippen MR) is 71.7 cm³/mol. The number of rotatable bonds is 8. The molecule has 1 aromatic rings. The number of benzene rings is 1. The Hall–Kier alpha value is -0.920. The van der Waals surface area contributed by atoms with E-state index in [1.165, 1.54) is 12.0 Å². The molecule has 0 fully saturated rings. The smallest absolute Gasteiger partial charge is 0.264 e. The lowest BCUT2D eigenvalue weighted by atomic mass is 10.3. The number of hydrogen-bond donors (Lipinski definition) is 1. The molecule has 102 valence electrons. The summed E-state index contributed by atoms with van der Waals surface area (Å²) in [5, 5.41) is 0. The van der Waals surface area contributed by atoms with Crippen LogP contribution in [0.4, 0.5) is 0 Å². The standard InChI is InChI=1S/C11H16O5S2/c1-17-16-11-6-4-10(5-7-11)15-8-2-3-9-18(12,13)14/h4-7H,2-3,8-9H2,1H3,(H,12,13,14). The SMILES string of the molecule is CSOc1ccc(OCCCCS(=O)(=O)O)cc1. The summed E-state index contributed by atoms with van der Waals surface area (Å²) < 4.78 is 40.1. The topological polar surface area (TPSA) is 72.8 Å². The largest absolute Gasteiger partial charge is 0.494 e. The van der Waals surface area contributed by atoms with Gasteiger partial charge in [0.25, 0.3) is 10.1 Å². The monoisotopic (exact) mass is 292 g/mol. The molecule has 0 saturated heterocycles. The van der Waals surface area contributed by atoms with Crippen molar-refractivity contribution in [1.29, 1.82) is 0 Å². The fourth-order valence-electron chi connectivity index (χ4n) is 1.26. The minimum absolute atomic E-state index is 0.225. The molecule has 0 radical (unpaired) electrons. The molecule has 0 aliphatic heterocycles. The molecule has 0 aliphatic carbocycles. The minimum atomic E-state index is -3.86. The Morgan fingerprint density at radius 1 is 1.17 bits per heavy atom. The highest BCUT2D eigenvalue weighted by Crippen LogP contribution is 2.20. The molecular weight excluding hydrogens is 276 g/mol. The Morgan fingerprint density at radius 2 is 1.78 bits per heavy atom. The third kappa shape index (κ3) is 6.73. The van der Waals surface area contributed by atoms with E-state index in [9.17, 15) is 8.42 Å². The van der Waals surface area contributed by atoms with Crippen LogP contribution in [0.3, 0.4) is 0 Å². The minimum Gasteiger partial charge on any atom is -0.494 e. The second-order valence-corrected chi connectivity index (χ2v) is 5.64. The molecular formula is C11H16O5S2. The average molecular weight is 292 g/mol. The third-order valence-corrected chi connectivity index (χ3v) is 3.23. The van der Waals surface area contributed by atoms with Crippen LogP contribution in [0, 0.1) is 0 Å². The lowest BCUT2D eigenvalue weighted by molar-refractivity contribution is 0.309. The van der Waals surface area contributed by atoms with E-state index < -0.39 is 10.1 Å². The first-order chi connectivity index (χ1) is 8.51. The molecule has 0 amide bonds. The van der Waals surface area contributed by atoms with Gasteiger partial charge in [0, 0.05) is 6.26 Å². The fraction of sp³-hybridized carbons (Fsp3) is 0.455. The van der Waals surface area contributed by atoms with Crippen molar-refractivity contribution in [3.8, 4) is 11.5 Å². The van der Waals surface area contributed by atoms with E-state index in [2.05, 4.69) is 0 Å². The predicted octanol–water partition coefficient (Wildman–Crippen LogP) is 2.39. The summed E-state index contributed by atoms with van der Waals surface area (Å²) >= 11 is 1.27. The van der Waals surface area contributed by atoms with E-state index in [-0.39, 0.29) is 5.75 Å². The molecule has 0 bridgehead atoms. The molecule has 0 spiro atoms. The van der Waals surface area contributed by atoms with Gasteiger partial charge in [0.15, 0.2) is 0 Å². The van der Waals surface area contributed by atoms with E-state index >= 15 is 0 Å². The highest BCUT2D eigenvalue weighted by atomic mass is 32.2. The zero-order chi connectivity index (χ0) is 13.4. The van der Waals surface area contributed by atoms with Gasteiger partial charge in [0.05, 0.1) is 24.4 Å². The van der Waals surface area contributed by atoms with E-state index in [0.29, 0.717) is 25.2 Å². The third-order valence-electron chi connectivity index (χ3n) is 2.07. The van der Waals surface area contributed by atoms with Gasteiger partial charge in [-0.25, -0.2) is 0 Å². The zero-order valence-electron chi connectivity index (χ0n) is 10.0. The quantitative estimate of drug-likeness (QED) is 0.450. The summed E-state index contributed by atoms with van der Waals surface area (Å²) in [5.41, 5.74) is 0. The zero-order valence-corrected chi connectivity index (χ0v) is 11.7. The van der Waals surface area contributed by atoms with Gasteiger partial charge in [-0.3, -0.25) is 4.55 Å².